The van der Waals surface area contributed by atoms with Crippen molar-refractivity contribution in [1.82, 2.24) is 5.32 Å². The SMILES string of the molecule is COc1ccc2c(c1)CC(C(=O)NCC(c1ccccc1)C(C)C)CO2. The van der Waals surface area contributed by atoms with Crippen molar-refractivity contribution in [2.24, 2.45) is 11.8 Å². The van der Waals surface area contributed by atoms with Crippen LogP contribution in [0.1, 0.15) is 30.9 Å². The first-order valence-electron chi connectivity index (χ1n) is 9.21. The molecule has 2 aromatic rings. The van der Waals surface area contributed by atoms with E-state index in [1.54, 1.807) is 7.11 Å². The molecule has 0 radical (unpaired) electrons. The Morgan fingerprint density at radius 3 is 2.69 bits per heavy atom. The summed E-state index contributed by atoms with van der Waals surface area (Å²) in [5.74, 6) is 2.28. The van der Waals surface area contributed by atoms with E-state index in [0.717, 1.165) is 17.1 Å². The predicted molar refractivity (Wildman–Crippen MR) is 103 cm³/mol. The standard InChI is InChI=1S/C22H27NO3/c1-15(2)20(16-7-5-4-6-8-16)13-23-22(24)18-11-17-12-19(25-3)9-10-21(17)26-14-18/h4-10,12,15,18,20H,11,13-14H2,1-3H3,(H,23,24). The molecule has 0 aliphatic carbocycles. The second-order valence-electron chi connectivity index (χ2n) is 7.19. The molecule has 2 aromatic carbocycles. The third kappa shape index (κ3) is 4.18. The molecule has 0 spiro atoms. The summed E-state index contributed by atoms with van der Waals surface area (Å²) in [7, 11) is 1.64. The largest absolute Gasteiger partial charge is 0.497 e. The molecule has 0 saturated carbocycles. The average Bonchev–Trinajstić information content (AvgIpc) is 2.67. The van der Waals surface area contributed by atoms with Crippen LogP contribution in [0.2, 0.25) is 0 Å². The zero-order valence-corrected chi connectivity index (χ0v) is 15.7. The number of benzene rings is 2. The molecule has 138 valence electrons. The summed E-state index contributed by atoms with van der Waals surface area (Å²) in [4.78, 5) is 12.7. The Kier molecular flexibility index (Phi) is 5.82. The normalized spacial score (nSPS) is 17.2. The zero-order valence-electron chi connectivity index (χ0n) is 15.7. The lowest BCUT2D eigenvalue weighted by molar-refractivity contribution is -0.126. The van der Waals surface area contributed by atoms with Crippen molar-refractivity contribution < 1.29 is 14.3 Å². The molecule has 1 N–H and O–H groups in total. The predicted octanol–water partition coefficient (Wildman–Crippen LogP) is 3.80. The highest BCUT2D eigenvalue weighted by Crippen LogP contribution is 2.31. The number of hydrogen-bond donors (Lipinski definition) is 1. The van der Waals surface area contributed by atoms with E-state index in [9.17, 15) is 4.79 Å². The van der Waals surface area contributed by atoms with Gasteiger partial charge < -0.3 is 14.8 Å². The van der Waals surface area contributed by atoms with Crippen molar-refractivity contribution in [2.45, 2.75) is 26.2 Å². The van der Waals surface area contributed by atoms with Gasteiger partial charge in [0, 0.05) is 12.5 Å². The second-order valence-corrected chi connectivity index (χ2v) is 7.19. The Balaban J connectivity index is 1.63. The lowest BCUT2D eigenvalue weighted by atomic mass is 9.88. The highest BCUT2D eigenvalue weighted by molar-refractivity contribution is 5.79. The molecular formula is C22H27NO3. The van der Waals surface area contributed by atoms with E-state index in [1.807, 2.05) is 36.4 Å². The van der Waals surface area contributed by atoms with Gasteiger partial charge in [0.25, 0.3) is 0 Å². The van der Waals surface area contributed by atoms with E-state index >= 15 is 0 Å². The van der Waals surface area contributed by atoms with Crippen LogP contribution in [-0.2, 0) is 11.2 Å². The summed E-state index contributed by atoms with van der Waals surface area (Å²) in [6.07, 6.45) is 0.677. The summed E-state index contributed by atoms with van der Waals surface area (Å²) in [5.41, 5.74) is 2.29. The Morgan fingerprint density at radius 2 is 2.00 bits per heavy atom. The topological polar surface area (TPSA) is 47.6 Å². The van der Waals surface area contributed by atoms with Gasteiger partial charge in [0.1, 0.15) is 18.1 Å². The fraction of sp³-hybridized carbons (Fsp3) is 0.409. The van der Waals surface area contributed by atoms with Crippen molar-refractivity contribution in [2.75, 3.05) is 20.3 Å². The monoisotopic (exact) mass is 353 g/mol. The molecule has 1 aliphatic rings. The van der Waals surface area contributed by atoms with Crippen LogP contribution in [0.4, 0.5) is 0 Å². The van der Waals surface area contributed by atoms with E-state index in [2.05, 4.69) is 31.3 Å². The molecule has 0 fully saturated rings. The Bertz CT molecular complexity index is 742. The highest BCUT2D eigenvalue weighted by atomic mass is 16.5. The number of nitrogens with one attached hydrogen (secondary N) is 1. The van der Waals surface area contributed by atoms with Gasteiger partial charge in [-0.1, -0.05) is 44.2 Å². The van der Waals surface area contributed by atoms with E-state index in [1.165, 1.54) is 5.56 Å². The van der Waals surface area contributed by atoms with Gasteiger partial charge in [0.2, 0.25) is 5.91 Å². The van der Waals surface area contributed by atoms with Crippen LogP contribution < -0.4 is 14.8 Å². The molecule has 2 unspecified atom stereocenters. The number of carbonyl (C=O) groups is 1. The van der Waals surface area contributed by atoms with Gasteiger partial charge in [-0.15, -0.1) is 0 Å². The number of amides is 1. The highest BCUT2D eigenvalue weighted by Gasteiger charge is 2.27. The lowest BCUT2D eigenvalue weighted by Crippen LogP contribution is -2.39. The van der Waals surface area contributed by atoms with Gasteiger partial charge in [-0.05, 0) is 41.7 Å². The molecule has 1 amide bonds. The number of fused-ring (bicyclic) bond motifs is 1. The van der Waals surface area contributed by atoms with Crippen LogP contribution in [0, 0.1) is 11.8 Å². The van der Waals surface area contributed by atoms with E-state index in [-0.39, 0.29) is 11.8 Å². The Labute approximate surface area is 155 Å². The van der Waals surface area contributed by atoms with E-state index < -0.39 is 0 Å². The van der Waals surface area contributed by atoms with Crippen LogP contribution in [0.15, 0.2) is 48.5 Å². The second kappa shape index (κ2) is 8.26. The molecule has 1 aliphatic heterocycles. The van der Waals surface area contributed by atoms with Crippen LogP contribution in [0.3, 0.4) is 0 Å². The van der Waals surface area contributed by atoms with E-state index in [4.69, 9.17) is 9.47 Å². The first kappa shape index (κ1) is 18.3. The molecule has 0 saturated heterocycles. The van der Waals surface area contributed by atoms with Crippen LogP contribution in [0.5, 0.6) is 11.5 Å². The number of hydrogen-bond acceptors (Lipinski definition) is 3. The van der Waals surface area contributed by atoms with Crippen molar-refractivity contribution in [3.63, 3.8) is 0 Å². The van der Waals surface area contributed by atoms with Crippen molar-refractivity contribution in [3.05, 3.63) is 59.7 Å². The molecule has 4 nitrogen and oxygen atoms in total. The van der Waals surface area contributed by atoms with Gasteiger partial charge in [-0.25, -0.2) is 0 Å². The fourth-order valence-electron chi connectivity index (χ4n) is 3.46. The molecular weight excluding hydrogens is 326 g/mol. The molecule has 0 bridgehead atoms. The average molecular weight is 353 g/mol. The lowest BCUT2D eigenvalue weighted by Gasteiger charge is -2.27. The minimum atomic E-state index is -0.168. The first-order chi connectivity index (χ1) is 12.6. The van der Waals surface area contributed by atoms with Gasteiger partial charge in [0.15, 0.2) is 0 Å². The summed E-state index contributed by atoms with van der Waals surface area (Å²) >= 11 is 0. The molecule has 2 atom stereocenters. The van der Waals surface area contributed by atoms with Gasteiger partial charge in [-0.2, -0.15) is 0 Å². The smallest absolute Gasteiger partial charge is 0.226 e. The maximum atomic E-state index is 12.7. The van der Waals surface area contributed by atoms with Gasteiger partial charge in [0.05, 0.1) is 13.0 Å². The molecule has 3 rings (SSSR count). The van der Waals surface area contributed by atoms with Crippen molar-refractivity contribution in [3.8, 4) is 11.5 Å². The minimum absolute atomic E-state index is 0.0556. The molecule has 0 aromatic heterocycles. The summed E-state index contributed by atoms with van der Waals surface area (Å²) < 4.78 is 11.1. The van der Waals surface area contributed by atoms with Crippen LogP contribution in [-0.4, -0.2) is 26.2 Å². The minimum Gasteiger partial charge on any atom is -0.497 e. The Morgan fingerprint density at radius 1 is 1.23 bits per heavy atom. The van der Waals surface area contributed by atoms with Crippen molar-refractivity contribution in [1.29, 1.82) is 0 Å². The van der Waals surface area contributed by atoms with Crippen LogP contribution in [0.25, 0.3) is 0 Å². The summed E-state index contributed by atoms with van der Waals surface area (Å²) in [5, 5.41) is 3.14. The third-order valence-electron chi connectivity index (χ3n) is 5.07. The number of rotatable bonds is 6. The van der Waals surface area contributed by atoms with Gasteiger partial charge >= 0.3 is 0 Å². The molecule has 1 heterocycles. The van der Waals surface area contributed by atoms with E-state index in [0.29, 0.717) is 31.4 Å². The fourth-order valence-corrected chi connectivity index (χ4v) is 3.46. The summed E-state index contributed by atoms with van der Waals surface area (Å²) in [6, 6.07) is 16.1. The molecule has 4 heteroatoms. The number of ether oxygens (including phenoxy) is 2. The number of methoxy groups -OCH3 is 1. The molecule has 26 heavy (non-hydrogen) atoms. The van der Waals surface area contributed by atoms with Crippen molar-refractivity contribution >= 4 is 5.91 Å². The maximum Gasteiger partial charge on any atom is 0.226 e. The summed E-state index contributed by atoms with van der Waals surface area (Å²) in [6.45, 7) is 5.44. The quantitative estimate of drug-likeness (QED) is 0.859. The number of carbonyl (C=O) groups excluding carboxylic acids is 1. The van der Waals surface area contributed by atoms with Gasteiger partial charge in [-0.3, -0.25) is 4.79 Å². The first-order valence-corrected chi connectivity index (χ1v) is 9.21. The zero-order chi connectivity index (χ0) is 18.5. The maximum absolute atomic E-state index is 12.7. The van der Waals surface area contributed by atoms with Crippen LogP contribution >= 0.6 is 0 Å². The Hall–Kier alpha value is -2.49. The third-order valence-corrected chi connectivity index (χ3v) is 5.07.